The molecule has 3 aliphatic rings. The molecule has 8 nitrogen and oxygen atoms in total. The van der Waals surface area contributed by atoms with Gasteiger partial charge in [-0.05, 0) is 83.9 Å². The van der Waals surface area contributed by atoms with Gasteiger partial charge in [0.15, 0.2) is 34.5 Å². The van der Waals surface area contributed by atoms with Gasteiger partial charge in [-0.15, -0.1) is 0 Å². The summed E-state index contributed by atoms with van der Waals surface area (Å²) >= 11 is 0. The van der Waals surface area contributed by atoms with Gasteiger partial charge in [-0.25, -0.2) is 0 Å². The van der Waals surface area contributed by atoms with Crippen LogP contribution in [-0.2, 0) is 25.9 Å². The lowest BCUT2D eigenvalue weighted by atomic mass is 9.87. The molecule has 0 unspecified atom stereocenters. The number of fused-ring (bicyclic) bond motifs is 3. The molecule has 1 atom stereocenters. The van der Waals surface area contributed by atoms with E-state index in [4.69, 9.17) is 28.7 Å². The van der Waals surface area contributed by atoms with Crippen LogP contribution in [0.3, 0.4) is 0 Å². The monoisotopic (exact) mass is 604 g/mol. The maximum Gasteiger partial charge on any atom is 0.204 e. The van der Waals surface area contributed by atoms with Crippen LogP contribution in [0, 0.1) is 0 Å². The lowest BCUT2D eigenvalue weighted by Gasteiger charge is -2.36. The first-order valence-corrected chi connectivity index (χ1v) is 15.1. The SMILES string of the molecule is COc1ccc2cc1Oc1cc3c(nccc3cc1OC)Cc1ccc(cc1)COc1c(OC)cc3c(c1O)[C@H](C2)N(C)CC3. The summed E-state index contributed by atoms with van der Waals surface area (Å²) in [5, 5.41) is 13.7. The molecule has 0 radical (unpaired) electrons. The van der Waals surface area contributed by atoms with Crippen LogP contribution in [0.2, 0.25) is 0 Å². The third-order valence-electron chi connectivity index (χ3n) is 8.95. The Bertz CT molecular complexity index is 1890. The van der Waals surface area contributed by atoms with Crippen molar-refractivity contribution in [2.75, 3.05) is 34.9 Å². The van der Waals surface area contributed by atoms with E-state index in [2.05, 4.69) is 24.1 Å². The molecular weight excluding hydrogens is 568 g/mol. The maximum absolute atomic E-state index is 11.7. The summed E-state index contributed by atoms with van der Waals surface area (Å²) in [6.07, 6.45) is 3.89. The second kappa shape index (κ2) is 11.9. The van der Waals surface area contributed by atoms with E-state index in [0.717, 1.165) is 57.2 Å². The van der Waals surface area contributed by atoms with Gasteiger partial charge in [0.05, 0.1) is 27.0 Å². The third-order valence-corrected chi connectivity index (χ3v) is 8.95. The van der Waals surface area contributed by atoms with Crippen molar-refractivity contribution in [2.24, 2.45) is 0 Å². The summed E-state index contributed by atoms with van der Waals surface area (Å²) in [5.74, 6) is 3.38. The Hall–Kier alpha value is -4.95. The number of benzene rings is 4. The number of nitrogens with zero attached hydrogens (tertiary/aromatic N) is 2. The van der Waals surface area contributed by atoms with Crippen molar-refractivity contribution >= 4 is 10.8 Å². The highest BCUT2D eigenvalue weighted by molar-refractivity contribution is 5.88. The van der Waals surface area contributed by atoms with Crippen LogP contribution < -0.4 is 23.7 Å². The van der Waals surface area contributed by atoms with Gasteiger partial charge in [-0.1, -0.05) is 30.3 Å². The van der Waals surface area contributed by atoms with Gasteiger partial charge in [-0.2, -0.15) is 0 Å². The summed E-state index contributed by atoms with van der Waals surface area (Å²) in [5.41, 5.74) is 5.98. The second-order valence-corrected chi connectivity index (χ2v) is 11.6. The first kappa shape index (κ1) is 28.8. The van der Waals surface area contributed by atoms with Crippen molar-refractivity contribution in [3.63, 3.8) is 0 Å². The van der Waals surface area contributed by atoms with Crippen molar-refractivity contribution in [2.45, 2.75) is 31.9 Å². The quantitative estimate of drug-likeness (QED) is 0.236. The topological polar surface area (TPSA) is 82.5 Å². The summed E-state index contributed by atoms with van der Waals surface area (Å²) in [4.78, 5) is 7.02. The molecular formula is C37H36N2O6. The molecule has 45 heavy (non-hydrogen) atoms. The number of phenolic OH excluding ortho intramolecular Hbond substituents is 1. The molecule has 1 aromatic heterocycles. The van der Waals surface area contributed by atoms with E-state index in [0.29, 0.717) is 53.9 Å². The fourth-order valence-electron chi connectivity index (χ4n) is 6.49. The molecule has 1 N–H and O–H groups in total. The molecule has 4 aromatic carbocycles. The van der Waals surface area contributed by atoms with E-state index < -0.39 is 0 Å². The van der Waals surface area contributed by atoms with E-state index in [1.54, 1.807) is 21.3 Å². The number of rotatable bonds is 3. The predicted octanol–water partition coefficient (Wildman–Crippen LogP) is 7.01. The average Bonchev–Trinajstić information content (AvgIpc) is 3.06. The average molecular weight is 605 g/mol. The van der Waals surface area contributed by atoms with Crippen LogP contribution in [0.25, 0.3) is 10.8 Å². The van der Waals surface area contributed by atoms with E-state index in [-0.39, 0.29) is 11.8 Å². The number of aromatic hydroxyl groups is 1. The molecule has 0 spiro atoms. The molecule has 4 heterocycles. The molecule has 0 aliphatic carbocycles. The normalized spacial score (nSPS) is 16.1. The Morgan fingerprint density at radius 3 is 2.33 bits per heavy atom. The summed E-state index contributed by atoms with van der Waals surface area (Å²) in [7, 11) is 6.97. The van der Waals surface area contributed by atoms with Crippen LogP contribution >= 0.6 is 0 Å². The van der Waals surface area contributed by atoms with Gasteiger partial charge in [-0.3, -0.25) is 9.88 Å². The van der Waals surface area contributed by atoms with Crippen LogP contribution in [0.5, 0.6) is 40.2 Å². The van der Waals surface area contributed by atoms with Crippen LogP contribution in [0.15, 0.2) is 72.9 Å². The number of likely N-dealkylation sites (N-methyl/N-ethyl adjacent to an activating group) is 1. The number of phenols is 1. The minimum absolute atomic E-state index is 0.100. The summed E-state index contributed by atoms with van der Waals surface area (Å²) < 4.78 is 30.1. The highest BCUT2D eigenvalue weighted by Gasteiger charge is 2.32. The fraction of sp³-hybridized carbons (Fsp3) is 0.270. The number of ether oxygens (including phenoxy) is 5. The number of pyridine rings is 1. The zero-order valence-corrected chi connectivity index (χ0v) is 25.9. The van der Waals surface area contributed by atoms with E-state index in [1.807, 2.05) is 60.8 Å². The first-order valence-electron chi connectivity index (χ1n) is 15.1. The van der Waals surface area contributed by atoms with Gasteiger partial charge in [0.2, 0.25) is 5.75 Å². The Labute approximate surface area is 262 Å². The Balaban J connectivity index is 1.41. The van der Waals surface area contributed by atoms with Crippen molar-refractivity contribution in [1.29, 1.82) is 0 Å². The standard InChI is InChI=1S/C37H36N2O6/c1-39-14-12-26-19-34(43-4)37-36(40)35(26)29(39)16-24-9-10-30(41-2)32(17-24)45-33-20-27-25(18-31(33)42-3)11-13-38-28(27)15-22-5-7-23(8-6-22)21-44-37/h5-11,13,17-20,29,40H,12,14-16,21H2,1-4H3/t29-/m0/s1. The maximum atomic E-state index is 11.7. The molecule has 0 saturated heterocycles. The van der Waals surface area contributed by atoms with Crippen molar-refractivity contribution in [3.8, 4) is 40.2 Å². The predicted molar refractivity (Wildman–Crippen MR) is 172 cm³/mol. The van der Waals surface area contributed by atoms with E-state index in [1.165, 1.54) is 0 Å². The smallest absolute Gasteiger partial charge is 0.204 e. The Morgan fingerprint density at radius 2 is 1.56 bits per heavy atom. The minimum atomic E-state index is -0.100. The number of methoxy groups -OCH3 is 3. The molecule has 0 amide bonds. The van der Waals surface area contributed by atoms with Gasteiger partial charge >= 0.3 is 0 Å². The highest BCUT2D eigenvalue weighted by Crippen LogP contribution is 2.48. The third kappa shape index (κ3) is 5.36. The molecule has 3 aliphatic heterocycles. The van der Waals surface area contributed by atoms with Crippen molar-refractivity contribution in [1.82, 2.24) is 9.88 Å². The summed E-state index contributed by atoms with van der Waals surface area (Å²) in [6.45, 7) is 1.13. The fourth-order valence-corrected chi connectivity index (χ4v) is 6.49. The zero-order valence-electron chi connectivity index (χ0n) is 25.9. The molecule has 0 saturated carbocycles. The van der Waals surface area contributed by atoms with Gasteiger partial charge < -0.3 is 28.8 Å². The van der Waals surface area contributed by atoms with Crippen LogP contribution in [-0.4, -0.2) is 49.9 Å². The van der Waals surface area contributed by atoms with E-state index >= 15 is 0 Å². The highest BCUT2D eigenvalue weighted by atomic mass is 16.5. The first-order chi connectivity index (χ1) is 21.9. The van der Waals surface area contributed by atoms with Crippen LogP contribution in [0.4, 0.5) is 0 Å². The van der Waals surface area contributed by atoms with Crippen molar-refractivity contribution < 1.29 is 28.8 Å². The number of aromatic nitrogens is 1. The molecule has 0 fully saturated rings. The number of hydrogen-bond acceptors (Lipinski definition) is 8. The Kier molecular flexibility index (Phi) is 7.59. The molecule has 8 heteroatoms. The Morgan fingerprint density at radius 1 is 0.822 bits per heavy atom. The zero-order chi connectivity index (χ0) is 31.1. The largest absolute Gasteiger partial charge is 0.504 e. The van der Waals surface area contributed by atoms with Gasteiger partial charge in [0, 0.05) is 36.2 Å². The van der Waals surface area contributed by atoms with Gasteiger partial charge in [0.1, 0.15) is 6.61 Å². The lowest BCUT2D eigenvalue weighted by molar-refractivity contribution is 0.216. The number of hydrogen-bond donors (Lipinski definition) is 1. The molecule has 5 aromatic rings. The van der Waals surface area contributed by atoms with Crippen LogP contribution in [0.1, 0.15) is 39.6 Å². The van der Waals surface area contributed by atoms with E-state index in [9.17, 15) is 5.11 Å². The molecule has 230 valence electrons. The molecule has 8 bridgehead atoms. The minimum Gasteiger partial charge on any atom is -0.504 e. The second-order valence-electron chi connectivity index (χ2n) is 11.6. The summed E-state index contributed by atoms with van der Waals surface area (Å²) in [6, 6.07) is 22.1. The van der Waals surface area contributed by atoms with Gasteiger partial charge in [0.25, 0.3) is 0 Å². The van der Waals surface area contributed by atoms with Crippen molar-refractivity contribution in [3.05, 3.63) is 106 Å². The molecule has 8 rings (SSSR count). The lowest BCUT2D eigenvalue weighted by Crippen LogP contribution is -2.33.